The van der Waals surface area contributed by atoms with E-state index in [1.807, 2.05) is 35.7 Å². The average molecular weight is 414 g/mol. The number of carbonyl (C=O) groups excluding carboxylic acids is 1. The van der Waals surface area contributed by atoms with Crippen molar-refractivity contribution in [1.82, 2.24) is 14.5 Å². The molecular formula is C24H19N3O2S. The van der Waals surface area contributed by atoms with Crippen LogP contribution < -0.4 is 5.56 Å². The minimum Gasteiger partial charge on any atom is -0.360 e. The molecule has 0 aliphatic carbocycles. The van der Waals surface area contributed by atoms with Gasteiger partial charge in [0.15, 0.2) is 5.78 Å². The predicted molar refractivity (Wildman–Crippen MR) is 121 cm³/mol. The molecule has 3 aromatic heterocycles. The maximum atomic E-state index is 13.3. The van der Waals surface area contributed by atoms with Crippen LogP contribution in [-0.2, 0) is 6.54 Å². The van der Waals surface area contributed by atoms with E-state index in [4.69, 9.17) is 0 Å². The normalized spacial score (nSPS) is 11.4. The molecule has 0 saturated carbocycles. The fourth-order valence-corrected chi connectivity index (χ4v) is 4.65. The Morgan fingerprint density at radius 1 is 1.13 bits per heavy atom. The van der Waals surface area contributed by atoms with Crippen molar-refractivity contribution in [2.24, 2.45) is 0 Å². The number of ketones is 1. The predicted octanol–water partition coefficient (Wildman–Crippen LogP) is 5.11. The molecule has 6 heteroatoms. The highest BCUT2D eigenvalue weighted by Crippen LogP contribution is 2.31. The Kier molecular flexibility index (Phi) is 4.37. The number of hydrogen-bond acceptors (Lipinski definition) is 4. The Morgan fingerprint density at radius 3 is 2.80 bits per heavy atom. The van der Waals surface area contributed by atoms with Gasteiger partial charge in [-0.2, -0.15) is 0 Å². The Bertz CT molecular complexity index is 1490. The van der Waals surface area contributed by atoms with Crippen molar-refractivity contribution in [3.05, 3.63) is 87.4 Å². The third-order valence-corrected chi connectivity index (χ3v) is 6.47. The molecule has 1 N–H and O–H groups in total. The van der Waals surface area contributed by atoms with Gasteiger partial charge in [-0.3, -0.25) is 14.2 Å². The first-order chi connectivity index (χ1) is 14.5. The highest BCUT2D eigenvalue weighted by atomic mass is 32.1. The van der Waals surface area contributed by atoms with Gasteiger partial charge < -0.3 is 4.98 Å². The molecule has 3 heterocycles. The second kappa shape index (κ2) is 7.07. The largest absolute Gasteiger partial charge is 0.360 e. The van der Waals surface area contributed by atoms with Gasteiger partial charge in [-0.25, -0.2) is 4.98 Å². The summed E-state index contributed by atoms with van der Waals surface area (Å²) in [7, 11) is 0. The van der Waals surface area contributed by atoms with Crippen LogP contribution in [0.15, 0.2) is 65.2 Å². The summed E-state index contributed by atoms with van der Waals surface area (Å²) in [5.41, 5.74) is 5.52. The number of hydrogen-bond donors (Lipinski definition) is 1. The lowest BCUT2D eigenvalue weighted by molar-refractivity contribution is 0.0972. The maximum absolute atomic E-state index is 13.3. The summed E-state index contributed by atoms with van der Waals surface area (Å²) in [6, 6.07) is 13.8. The van der Waals surface area contributed by atoms with Gasteiger partial charge in [0.1, 0.15) is 4.83 Å². The minimum atomic E-state index is -0.192. The lowest BCUT2D eigenvalue weighted by Crippen LogP contribution is -2.24. The standard InChI is InChI=1S/C24H19N3O2S/c1-14-7-8-16(9-15(14)2)19-12-30-23-22(19)24(29)27(13-26-23)11-21(28)18-10-25-20-6-4-3-5-17(18)20/h3-10,12-13,25H,11H2,1-2H3. The van der Waals surface area contributed by atoms with Crippen molar-refractivity contribution in [1.29, 1.82) is 0 Å². The fraction of sp³-hybridized carbons (Fsp3) is 0.125. The molecule has 0 spiro atoms. The zero-order valence-electron chi connectivity index (χ0n) is 16.6. The molecular weight excluding hydrogens is 394 g/mol. The van der Waals surface area contributed by atoms with Crippen LogP contribution in [-0.4, -0.2) is 20.3 Å². The number of nitrogens with one attached hydrogen (secondary N) is 1. The van der Waals surface area contributed by atoms with E-state index in [1.165, 1.54) is 33.4 Å². The van der Waals surface area contributed by atoms with E-state index in [-0.39, 0.29) is 17.9 Å². The molecule has 0 unspecified atom stereocenters. The monoisotopic (exact) mass is 413 g/mol. The van der Waals surface area contributed by atoms with Crippen molar-refractivity contribution in [2.75, 3.05) is 0 Å². The van der Waals surface area contributed by atoms with Crippen molar-refractivity contribution < 1.29 is 4.79 Å². The molecule has 148 valence electrons. The lowest BCUT2D eigenvalue weighted by Gasteiger charge is -2.07. The molecule has 0 aliphatic heterocycles. The number of aryl methyl sites for hydroxylation is 2. The van der Waals surface area contributed by atoms with Gasteiger partial charge in [-0.1, -0.05) is 36.4 Å². The van der Waals surface area contributed by atoms with Gasteiger partial charge in [0, 0.05) is 33.6 Å². The summed E-state index contributed by atoms with van der Waals surface area (Å²) in [4.78, 5) is 34.5. The molecule has 0 saturated heterocycles. The van der Waals surface area contributed by atoms with E-state index in [1.54, 1.807) is 6.20 Å². The summed E-state index contributed by atoms with van der Waals surface area (Å²) in [6.07, 6.45) is 3.17. The zero-order chi connectivity index (χ0) is 20.8. The summed E-state index contributed by atoms with van der Waals surface area (Å²) in [5.74, 6) is -0.126. The smallest absolute Gasteiger partial charge is 0.263 e. The molecule has 5 aromatic rings. The number of aromatic nitrogens is 3. The van der Waals surface area contributed by atoms with Crippen molar-refractivity contribution in [2.45, 2.75) is 20.4 Å². The van der Waals surface area contributed by atoms with Crippen LogP contribution in [0.25, 0.3) is 32.2 Å². The second-order valence-corrected chi connectivity index (χ2v) is 8.34. The van der Waals surface area contributed by atoms with Crippen LogP contribution in [0.4, 0.5) is 0 Å². The van der Waals surface area contributed by atoms with Gasteiger partial charge >= 0.3 is 0 Å². The molecule has 0 aliphatic rings. The van der Waals surface area contributed by atoms with E-state index in [0.29, 0.717) is 15.8 Å². The van der Waals surface area contributed by atoms with Gasteiger partial charge in [-0.15, -0.1) is 11.3 Å². The van der Waals surface area contributed by atoms with Crippen molar-refractivity contribution in [3.8, 4) is 11.1 Å². The Hall–Kier alpha value is -3.51. The quantitative estimate of drug-likeness (QED) is 0.417. The van der Waals surface area contributed by atoms with Crippen molar-refractivity contribution in [3.63, 3.8) is 0 Å². The first kappa shape index (κ1) is 18.5. The Labute approximate surface area is 176 Å². The van der Waals surface area contributed by atoms with E-state index < -0.39 is 0 Å². The molecule has 0 fully saturated rings. The van der Waals surface area contributed by atoms with Gasteiger partial charge in [0.05, 0.1) is 18.3 Å². The van der Waals surface area contributed by atoms with Gasteiger partial charge in [0.2, 0.25) is 0 Å². The first-order valence-corrected chi connectivity index (χ1v) is 10.5. The van der Waals surface area contributed by atoms with Crippen LogP contribution in [0.3, 0.4) is 0 Å². The highest BCUT2D eigenvalue weighted by molar-refractivity contribution is 7.17. The fourth-order valence-electron chi connectivity index (χ4n) is 3.74. The molecule has 0 amide bonds. The lowest BCUT2D eigenvalue weighted by atomic mass is 10.0. The summed E-state index contributed by atoms with van der Waals surface area (Å²) in [5, 5.41) is 3.39. The van der Waals surface area contributed by atoms with Crippen LogP contribution in [0.1, 0.15) is 21.5 Å². The van der Waals surface area contributed by atoms with E-state index >= 15 is 0 Å². The highest BCUT2D eigenvalue weighted by Gasteiger charge is 2.17. The number of carbonyl (C=O) groups is 1. The molecule has 0 atom stereocenters. The summed E-state index contributed by atoms with van der Waals surface area (Å²) in [6.45, 7) is 4.07. The number of nitrogens with zero attached hydrogens (tertiary/aromatic N) is 2. The van der Waals surface area contributed by atoms with E-state index in [2.05, 4.69) is 35.9 Å². The third kappa shape index (κ3) is 2.97. The van der Waals surface area contributed by atoms with Gasteiger partial charge in [-0.05, 0) is 36.6 Å². The number of benzene rings is 2. The molecule has 2 aromatic carbocycles. The third-order valence-electron chi connectivity index (χ3n) is 5.58. The topological polar surface area (TPSA) is 67.8 Å². The summed E-state index contributed by atoms with van der Waals surface area (Å²) >= 11 is 1.45. The molecule has 5 rings (SSSR count). The number of para-hydroxylation sites is 1. The van der Waals surface area contributed by atoms with Gasteiger partial charge in [0.25, 0.3) is 5.56 Å². The Morgan fingerprint density at radius 2 is 1.97 bits per heavy atom. The SMILES string of the molecule is Cc1ccc(-c2csc3ncn(CC(=O)c4c[nH]c5ccccc45)c(=O)c23)cc1C. The number of thiophene rings is 1. The number of H-pyrrole nitrogens is 1. The summed E-state index contributed by atoms with van der Waals surface area (Å²) < 4.78 is 1.41. The van der Waals surface area contributed by atoms with Crippen LogP contribution in [0.5, 0.6) is 0 Å². The molecule has 30 heavy (non-hydrogen) atoms. The van der Waals surface area contributed by atoms with Crippen molar-refractivity contribution >= 4 is 38.2 Å². The maximum Gasteiger partial charge on any atom is 0.263 e. The number of aromatic amines is 1. The minimum absolute atomic E-state index is 0.0498. The zero-order valence-corrected chi connectivity index (χ0v) is 17.4. The number of Topliss-reactive ketones (excluding diaryl/α,β-unsaturated/α-hetero) is 1. The second-order valence-electron chi connectivity index (χ2n) is 7.48. The Balaban J connectivity index is 1.57. The molecule has 5 nitrogen and oxygen atoms in total. The van der Waals surface area contributed by atoms with Crippen LogP contribution >= 0.6 is 11.3 Å². The number of rotatable bonds is 4. The molecule has 0 bridgehead atoms. The van der Waals surface area contributed by atoms with E-state index in [9.17, 15) is 9.59 Å². The number of fused-ring (bicyclic) bond motifs is 2. The molecule has 0 radical (unpaired) electrons. The van der Waals surface area contributed by atoms with Crippen LogP contribution in [0, 0.1) is 13.8 Å². The average Bonchev–Trinajstić information content (AvgIpc) is 3.37. The van der Waals surface area contributed by atoms with E-state index in [0.717, 1.165) is 22.0 Å². The first-order valence-electron chi connectivity index (χ1n) is 9.66. The van der Waals surface area contributed by atoms with Crippen LogP contribution in [0.2, 0.25) is 0 Å².